The number of aryl methyl sites for hydroxylation is 2. The van der Waals surface area contributed by atoms with Crippen LogP contribution < -0.4 is 0 Å². The number of carbonyl (C=O) groups excluding carboxylic acids is 2. The number of aliphatic hydroxyl groups is 2. The molecule has 2 radical (unpaired) electrons. The zero-order chi connectivity index (χ0) is 44.8. The van der Waals surface area contributed by atoms with Crippen molar-refractivity contribution < 1.29 is 68.8 Å². The number of ketones is 2. The molecule has 0 amide bonds. The molecule has 0 saturated heterocycles. The molecule has 0 spiro atoms. The van der Waals surface area contributed by atoms with E-state index in [2.05, 4.69) is 83.6 Å². The predicted molar refractivity (Wildman–Crippen MR) is 246 cm³/mol. The first-order chi connectivity index (χ1) is 29.6. The monoisotopic (exact) mass is 1210 g/mol. The van der Waals surface area contributed by atoms with Crippen molar-refractivity contribution in [3.63, 3.8) is 0 Å². The van der Waals surface area contributed by atoms with Gasteiger partial charge in [-0.25, -0.2) is 8.78 Å². The van der Waals surface area contributed by atoms with Crippen molar-refractivity contribution in [2.75, 3.05) is 0 Å². The Morgan fingerprint density at radius 2 is 0.969 bits per heavy atom. The van der Waals surface area contributed by atoms with Crippen molar-refractivity contribution in [1.29, 1.82) is 0 Å². The average molecular weight is 1210 g/mol. The number of fused-ring (bicyclic) bond motifs is 2. The number of benzene rings is 6. The standard InChI is InChI=1S/C23H17FN.C21H13FN.2C5H8O2.2Ir/c1-15-9-16(2)11-20(10-15)23-13-19-4-3-18(12-21(19)14-25-23)17-5-7-22(24)8-6-17;22-20-10-8-15(9-11-20)17-6-7-18-13-21(23-14-19(18)12-17)16-4-2-1-3-5-16;2*1-4(6)3-5(2)7;;/h3-10,12-14H,1-2H3;1-4,6-14H;2*3,6H,1-2H3;;/q2*-1;;;;. The zero-order valence-electron chi connectivity index (χ0n) is 36.0. The largest absolute Gasteiger partial charge is 0.512 e. The van der Waals surface area contributed by atoms with Crippen LogP contribution in [0.15, 0.2) is 170 Å². The summed E-state index contributed by atoms with van der Waals surface area (Å²) in [6.07, 6.45) is 6.10. The van der Waals surface area contributed by atoms with Gasteiger partial charge >= 0.3 is 0 Å². The van der Waals surface area contributed by atoms with Crippen LogP contribution in [0.2, 0.25) is 0 Å². The van der Waals surface area contributed by atoms with Gasteiger partial charge in [0.15, 0.2) is 11.6 Å². The number of halogens is 2. The van der Waals surface area contributed by atoms with Gasteiger partial charge in [0.25, 0.3) is 0 Å². The molecular weight excluding hydrogens is 1160 g/mol. The fraction of sp³-hybridized carbons (Fsp3) is 0.111. The van der Waals surface area contributed by atoms with E-state index in [0.717, 1.165) is 71.9 Å². The van der Waals surface area contributed by atoms with Crippen LogP contribution in [0.3, 0.4) is 0 Å². The Hall–Kier alpha value is -6.28. The molecule has 0 fully saturated rings. The van der Waals surface area contributed by atoms with E-state index in [4.69, 9.17) is 10.2 Å². The number of hydrogen-bond donors (Lipinski definition) is 2. The van der Waals surface area contributed by atoms with Gasteiger partial charge in [0, 0.05) is 64.8 Å². The number of pyridine rings is 2. The second-order valence-corrected chi connectivity index (χ2v) is 14.6. The fourth-order valence-electron chi connectivity index (χ4n) is 6.40. The summed E-state index contributed by atoms with van der Waals surface area (Å²) < 4.78 is 26.2. The first-order valence-electron chi connectivity index (χ1n) is 19.7. The third-order valence-corrected chi connectivity index (χ3v) is 9.03. The third-order valence-electron chi connectivity index (χ3n) is 9.03. The van der Waals surface area contributed by atoms with Gasteiger partial charge in [0.1, 0.15) is 11.6 Å². The number of hydrogen-bond acceptors (Lipinski definition) is 6. The van der Waals surface area contributed by atoms with E-state index in [-0.39, 0.29) is 74.9 Å². The Labute approximate surface area is 400 Å². The topological polar surface area (TPSA) is 100 Å². The van der Waals surface area contributed by atoms with Crippen molar-refractivity contribution in [3.8, 4) is 44.8 Å². The Morgan fingerprint density at radius 1 is 0.531 bits per heavy atom. The molecule has 0 unspecified atom stereocenters. The van der Waals surface area contributed by atoms with Crippen LogP contribution in [-0.2, 0) is 49.8 Å². The number of rotatable bonds is 6. The molecule has 0 saturated carbocycles. The van der Waals surface area contributed by atoms with Gasteiger partial charge in [-0.3, -0.25) is 9.59 Å². The van der Waals surface area contributed by atoms with Crippen molar-refractivity contribution in [1.82, 2.24) is 9.97 Å². The minimum atomic E-state index is -0.222. The molecule has 0 aliphatic rings. The molecule has 2 N–H and O–H groups in total. The third kappa shape index (κ3) is 16.1. The van der Waals surface area contributed by atoms with Crippen LogP contribution in [0, 0.1) is 37.6 Å². The van der Waals surface area contributed by atoms with Gasteiger partial charge in [-0.1, -0.05) is 74.5 Å². The van der Waals surface area contributed by atoms with Crippen molar-refractivity contribution in [3.05, 3.63) is 204 Å². The molecule has 2 heterocycles. The molecule has 0 atom stereocenters. The van der Waals surface area contributed by atoms with Gasteiger partial charge in [-0.15, -0.1) is 70.8 Å². The molecule has 2 aromatic heterocycles. The van der Waals surface area contributed by atoms with E-state index in [1.807, 2.05) is 49.6 Å². The first kappa shape index (κ1) is 52.1. The van der Waals surface area contributed by atoms with Gasteiger partial charge in [-0.05, 0) is 119 Å². The van der Waals surface area contributed by atoms with Crippen LogP contribution in [0.25, 0.3) is 66.3 Å². The van der Waals surface area contributed by atoms with Gasteiger partial charge in [-0.2, -0.15) is 0 Å². The second kappa shape index (κ2) is 25.1. The molecule has 8 aromatic rings. The number of aliphatic hydroxyl groups excluding tert-OH is 2. The summed E-state index contributed by atoms with van der Waals surface area (Å²) >= 11 is 0. The molecular formula is C54H46F2Ir2N2O4-2. The Balaban J connectivity index is 0.000000258. The maximum absolute atomic E-state index is 13.1. The first-order valence-corrected chi connectivity index (χ1v) is 19.7. The average Bonchev–Trinajstić information content (AvgIpc) is 3.23. The van der Waals surface area contributed by atoms with Gasteiger partial charge in [0.05, 0.1) is 11.5 Å². The maximum Gasteiger partial charge on any atom is 0.155 e. The molecule has 6 aromatic carbocycles. The minimum Gasteiger partial charge on any atom is -0.512 e. The quantitative estimate of drug-likeness (QED) is 0.0977. The number of aromatic nitrogens is 2. The van der Waals surface area contributed by atoms with E-state index in [1.54, 1.807) is 24.3 Å². The summed E-state index contributed by atoms with van der Waals surface area (Å²) in [5.74, 6) is -0.569. The van der Waals surface area contributed by atoms with E-state index >= 15 is 0 Å². The molecule has 0 aliphatic carbocycles. The fourth-order valence-corrected chi connectivity index (χ4v) is 6.40. The Bertz CT molecular complexity index is 2830. The van der Waals surface area contributed by atoms with E-state index in [0.29, 0.717) is 0 Å². The Kier molecular flexibility index (Phi) is 20.4. The summed E-state index contributed by atoms with van der Waals surface area (Å²) in [6, 6.07) is 48.3. The molecule has 6 nitrogen and oxygen atoms in total. The van der Waals surface area contributed by atoms with Crippen molar-refractivity contribution in [2.45, 2.75) is 41.5 Å². The summed E-state index contributed by atoms with van der Waals surface area (Å²) in [7, 11) is 0. The van der Waals surface area contributed by atoms with E-state index < -0.39 is 0 Å². The predicted octanol–water partition coefficient (Wildman–Crippen LogP) is 13.7. The van der Waals surface area contributed by atoms with Crippen LogP contribution in [0.4, 0.5) is 8.78 Å². The molecule has 8 rings (SSSR count). The van der Waals surface area contributed by atoms with Crippen LogP contribution in [0.1, 0.15) is 38.8 Å². The van der Waals surface area contributed by atoms with Crippen molar-refractivity contribution in [2.24, 2.45) is 0 Å². The second-order valence-electron chi connectivity index (χ2n) is 14.6. The summed E-state index contributed by atoms with van der Waals surface area (Å²) in [5, 5.41) is 21.1. The van der Waals surface area contributed by atoms with Crippen LogP contribution in [-0.4, -0.2) is 31.7 Å². The Morgan fingerprint density at radius 3 is 1.34 bits per heavy atom. The summed E-state index contributed by atoms with van der Waals surface area (Å²) in [4.78, 5) is 29.2. The molecule has 0 aliphatic heterocycles. The van der Waals surface area contributed by atoms with Gasteiger partial charge < -0.3 is 20.2 Å². The smallest absolute Gasteiger partial charge is 0.155 e. The van der Waals surface area contributed by atoms with Crippen molar-refractivity contribution >= 4 is 33.1 Å². The number of allylic oxidation sites excluding steroid dienone is 4. The van der Waals surface area contributed by atoms with Crippen LogP contribution >= 0.6 is 0 Å². The van der Waals surface area contributed by atoms with Crippen LogP contribution in [0.5, 0.6) is 0 Å². The van der Waals surface area contributed by atoms with E-state index in [9.17, 15) is 18.4 Å². The van der Waals surface area contributed by atoms with Gasteiger partial charge in [0.2, 0.25) is 0 Å². The number of nitrogens with zero attached hydrogens (tertiary/aromatic N) is 2. The SMILES string of the molecule is CC(=O)C=C(C)O.CC(=O)C=C(C)O.Cc1[c-]c(-c2cc3ccc(-c4ccc(F)cc4)cc3cn2)cc(C)c1.Fc1ccc(-c2ccc3cc(-c4[c-]cccc4)ncc3c2)cc1.[Ir].[Ir]. The summed E-state index contributed by atoms with van der Waals surface area (Å²) in [5.41, 5.74) is 10.3. The zero-order valence-corrected chi connectivity index (χ0v) is 40.8. The maximum atomic E-state index is 13.1. The molecule has 330 valence electrons. The molecule has 10 heteroatoms. The number of carbonyl (C=O) groups is 2. The summed E-state index contributed by atoms with van der Waals surface area (Å²) in [6.45, 7) is 9.83. The minimum absolute atomic E-state index is 0. The van der Waals surface area contributed by atoms with E-state index in [1.165, 1.54) is 69.7 Å². The normalized spacial score (nSPS) is 10.7. The molecule has 0 bridgehead atoms. The molecule has 64 heavy (non-hydrogen) atoms.